The number of rotatable bonds is 5. The minimum absolute atomic E-state index is 0. The van der Waals surface area contributed by atoms with Crippen LogP contribution in [0.1, 0.15) is 17.2 Å². The molecule has 2 aromatic carbocycles. The van der Waals surface area contributed by atoms with E-state index in [2.05, 4.69) is 11.4 Å². The molecule has 1 atom stereocenters. The minimum Gasteiger partial charge on any atom is -0.497 e. The Labute approximate surface area is 125 Å². The number of nitrogens with zero attached hydrogens (tertiary/aromatic N) is 1. The largest absolute Gasteiger partial charge is 0.497 e. The maximum Gasteiger partial charge on any atom is 0.121 e. The second-order valence-corrected chi connectivity index (χ2v) is 4.20. The van der Waals surface area contributed by atoms with Gasteiger partial charge in [-0.3, -0.25) is 5.32 Å². The summed E-state index contributed by atoms with van der Waals surface area (Å²) in [7, 11) is 1.63. The molecule has 0 aliphatic carbocycles. The van der Waals surface area contributed by atoms with Crippen LogP contribution in [-0.4, -0.2) is 7.11 Å². The quantitative estimate of drug-likeness (QED) is 0.916. The molecule has 0 bridgehead atoms. The van der Waals surface area contributed by atoms with E-state index in [1.807, 2.05) is 54.6 Å². The Bertz CT molecular complexity index is 549. The van der Waals surface area contributed by atoms with Gasteiger partial charge in [0.15, 0.2) is 0 Å². The average molecular weight is 289 g/mol. The number of nitriles is 1. The van der Waals surface area contributed by atoms with Crippen molar-refractivity contribution in [3.8, 4) is 11.8 Å². The number of hydrogen-bond acceptors (Lipinski definition) is 3. The van der Waals surface area contributed by atoms with Gasteiger partial charge in [0.2, 0.25) is 0 Å². The molecule has 0 heterocycles. The SMILES string of the molecule is COc1ccc(C(C#N)NCc2ccccc2)cc1.Cl. The normalized spacial score (nSPS) is 11.0. The van der Waals surface area contributed by atoms with Crippen LogP contribution in [0, 0.1) is 11.3 Å². The van der Waals surface area contributed by atoms with Gasteiger partial charge in [-0.25, -0.2) is 0 Å². The van der Waals surface area contributed by atoms with E-state index in [1.54, 1.807) is 7.11 Å². The van der Waals surface area contributed by atoms with Crippen LogP contribution in [0.25, 0.3) is 0 Å². The Balaban J connectivity index is 0.00000200. The minimum atomic E-state index is -0.314. The summed E-state index contributed by atoms with van der Waals surface area (Å²) >= 11 is 0. The molecule has 0 amide bonds. The predicted octanol–water partition coefficient (Wildman–Crippen LogP) is 3.47. The monoisotopic (exact) mass is 288 g/mol. The highest BCUT2D eigenvalue weighted by atomic mass is 35.5. The van der Waals surface area contributed by atoms with Gasteiger partial charge in [0, 0.05) is 6.54 Å². The Morgan fingerprint density at radius 3 is 2.30 bits per heavy atom. The number of hydrogen-bond donors (Lipinski definition) is 1. The van der Waals surface area contributed by atoms with Crippen molar-refractivity contribution in [1.82, 2.24) is 5.32 Å². The molecule has 4 heteroatoms. The molecule has 2 rings (SSSR count). The average Bonchev–Trinajstić information content (AvgIpc) is 2.49. The van der Waals surface area contributed by atoms with Gasteiger partial charge >= 0.3 is 0 Å². The van der Waals surface area contributed by atoms with Crippen LogP contribution in [0.5, 0.6) is 5.75 Å². The molecule has 2 aromatic rings. The molecule has 0 aliphatic heterocycles. The van der Waals surface area contributed by atoms with E-state index >= 15 is 0 Å². The molecule has 0 radical (unpaired) electrons. The fourth-order valence-corrected chi connectivity index (χ4v) is 1.85. The first kappa shape index (κ1) is 16.0. The fourth-order valence-electron chi connectivity index (χ4n) is 1.85. The molecule has 104 valence electrons. The Hall–Kier alpha value is -2.02. The molecule has 0 spiro atoms. The van der Waals surface area contributed by atoms with E-state index < -0.39 is 0 Å². The molecule has 0 saturated carbocycles. The van der Waals surface area contributed by atoms with Gasteiger partial charge in [-0.2, -0.15) is 5.26 Å². The lowest BCUT2D eigenvalue weighted by atomic mass is 10.1. The Morgan fingerprint density at radius 2 is 1.75 bits per heavy atom. The zero-order chi connectivity index (χ0) is 13.5. The molecular formula is C16H17ClN2O. The lowest BCUT2D eigenvalue weighted by molar-refractivity contribution is 0.414. The van der Waals surface area contributed by atoms with Crippen molar-refractivity contribution in [3.05, 3.63) is 65.7 Å². The van der Waals surface area contributed by atoms with E-state index in [9.17, 15) is 5.26 Å². The molecule has 1 unspecified atom stereocenters. The van der Waals surface area contributed by atoms with Gasteiger partial charge < -0.3 is 4.74 Å². The summed E-state index contributed by atoms with van der Waals surface area (Å²) in [5, 5.41) is 12.5. The van der Waals surface area contributed by atoms with Crippen LogP contribution in [0.2, 0.25) is 0 Å². The van der Waals surface area contributed by atoms with Gasteiger partial charge in [0.25, 0.3) is 0 Å². The van der Waals surface area contributed by atoms with Gasteiger partial charge in [0.05, 0.1) is 13.2 Å². The van der Waals surface area contributed by atoms with E-state index in [4.69, 9.17) is 4.74 Å². The van der Waals surface area contributed by atoms with Crippen LogP contribution in [-0.2, 0) is 6.54 Å². The lowest BCUT2D eigenvalue weighted by Gasteiger charge is -2.12. The number of ether oxygens (including phenoxy) is 1. The summed E-state index contributed by atoms with van der Waals surface area (Å²) in [6.45, 7) is 0.672. The van der Waals surface area contributed by atoms with Gasteiger partial charge in [-0.15, -0.1) is 12.4 Å². The Morgan fingerprint density at radius 1 is 1.10 bits per heavy atom. The maximum absolute atomic E-state index is 9.24. The highest BCUT2D eigenvalue weighted by Crippen LogP contribution is 2.17. The summed E-state index contributed by atoms with van der Waals surface area (Å²) in [5.74, 6) is 0.795. The molecular weight excluding hydrogens is 272 g/mol. The molecule has 20 heavy (non-hydrogen) atoms. The second-order valence-electron chi connectivity index (χ2n) is 4.20. The highest BCUT2D eigenvalue weighted by Gasteiger charge is 2.09. The second kappa shape index (κ2) is 8.21. The van der Waals surface area contributed by atoms with Gasteiger partial charge in [-0.05, 0) is 23.3 Å². The Kier molecular flexibility index (Phi) is 6.58. The zero-order valence-electron chi connectivity index (χ0n) is 11.2. The summed E-state index contributed by atoms with van der Waals surface area (Å²) < 4.78 is 5.11. The molecule has 0 aliphatic rings. The smallest absolute Gasteiger partial charge is 0.121 e. The standard InChI is InChI=1S/C16H16N2O.ClH/c1-19-15-9-7-14(8-10-15)16(11-17)18-12-13-5-3-2-4-6-13;/h2-10,16,18H,12H2,1H3;1H. The van der Waals surface area contributed by atoms with E-state index in [-0.39, 0.29) is 18.4 Å². The fraction of sp³-hybridized carbons (Fsp3) is 0.188. The molecule has 1 N–H and O–H groups in total. The van der Waals surface area contributed by atoms with Crippen LogP contribution in [0.15, 0.2) is 54.6 Å². The number of benzene rings is 2. The van der Waals surface area contributed by atoms with Crippen molar-refractivity contribution in [3.63, 3.8) is 0 Å². The van der Waals surface area contributed by atoms with Crippen molar-refractivity contribution in [1.29, 1.82) is 5.26 Å². The van der Waals surface area contributed by atoms with Crippen molar-refractivity contribution in [2.24, 2.45) is 0 Å². The summed E-state index contributed by atoms with van der Waals surface area (Å²) in [6.07, 6.45) is 0. The third-order valence-electron chi connectivity index (χ3n) is 2.93. The predicted molar refractivity (Wildman–Crippen MR) is 81.9 cm³/mol. The van der Waals surface area contributed by atoms with Crippen molar-refractivity contribution in [2.75, 3.05) is 7.11 Å². The van der Waals surface area contributed by atoms with Crippen molar-refractivity contribution >= 4 is 12.4 Å². The van der Waals surface area contributed by atoms with E-state index in [1.165, 1.54) is 0 Å². The first-order valence-electron chi connectivity index (χ1n) is 6.14. The third-order valence-corrected chi connectivity index (χ3v) is 2.93. The third kappa shape index (κ3) is 4.27. The molecule has 0 aromatic heterocycles. The van der Waals surface area contributed by atoms with Gasteiger partial charge in [0.1, 0.15) is 11.8 Å². The molecule has 3 nitrogen and oxygen atoms in total. The lowest BCUT2D eigenvalue weighted by Crippen LogP contribution is -2.19. The van der Waals surface area contributed by atoms with E-state index in [0.717, 1.165) is 16.9 Å². The van der Waals surface area contributed by atoms with Crippen LogP contribution in [0.4, 0.5) is 0 Å². The van der Waals surface area contributed by atoms with E-state index in [0.29, 0.717) is 6.54 Å². The maximum atomic E-state index is 9.24. The molecule has 0 fully saturated rings. The van der Waals surface area contributed by atoms with Crippen LogP contribution >= 0.6 is 12.4 Å². The van der Waals surface area contributed by atoms with Crippen molar-refractivity contribution in [2.45, 2.75) is 12.6 Å². The van der Waals surface area contributed by atoms with Gasteiger partial charge in [-0.1, -0.05) is 42.5 Å². The van der Waals surface area contributed by atoms with Crippen LogP contribution < -0.4 is 10.1 Å². The summed E-state index contributed by atoms with van der Waals surface area (Å²) in [4.78, 5) is 0. The van der Waals surface area contributed by atoms with Crippen LogP contribution in [0.3, 0.4) is 0 Å². The van der Waals surface area contributed by atoms with Crippen molar-refractivity contribution < 1.29 is 4.74 Å². The topological polar surface area (TPSA) is 45.0 Å². The first-order chi connectivity index (χ1) is 9.33. The number of methoxy groups -OCH3 is 1. The number of halogens is 1. The summed E-state index contributed by atoms with van der Waals surface area (Å²) in [5.41, 5.74) is 2.11. The summed E-state index contributed by atoms with van der Waals surface area (Å²) in [6, 6.07) is 19.5. The number of nitrogens with one attached hydrogen (secondary N) is 1. The highest BCUT2D eigenvalue weighted by molar-refractivity contribution is 5.85. The molecule has 0 saturated heterocycles. The first-order valence-corrected chi connectivity index (χ1v) is 6.14. The zero-order valence-corrected chi connectivity index (χ0v) is 12.1.